The van der Waals surface area contributed by atoms with Gasteiger partial charge in [-0.2, -0.15) is 4.57 Å². The van der Waals surface area contributed by atoms with Crippen LogP contribution < -0.4 is 4.57 Å². The van der Waals surface area contributed by atoms with Gasteiger partial charge in [0.05, 0.1) is 17.1 Å². The fourth-order valence-corrected chi connectivity index (χ4v) is 4.22. The highest BCUT2D eigenvalue weighted by molar-refractivity contribution is 6.42. The van der Waals surface area contributed by atoms with Gasteiger partial charge in [-0.05, 0) is 70.2 Å². The van der Waals surface area contributed by atoms with Crippen LogP contribution in [0.1, 0.15) is 46.7 Å². The number of nitrogens with zero attached hydrogens (tertiary/aromatic N) is 3. The predicted octanol–water partition coefficient (Wildman–Crippen LogP) is 6.78. The van der Waals surface area contributed by atoms with Gasteiger partial charge in [0.15, 0.2) is 18.9 Å². The maximum atomic E-state index is 5.20. The van der Waals surface area contributed by atoms with Crippen molar-refractivity contribution >= 4 is 22.8 Å². The summed E-state index contributed by atoms with van der Waals surface area (Å²) in [6, 6.07) is 15.0. The van der Waals surface area contributed by atoms with Crippen molar-refractivity contribution in [2.24, 2.45) is 9.98 Å². The van der Waals surface area contributed by atoms with Crippen LogP contribution in [0.5, 0.6) is 0 Å². The molecule has 0 amide bonds. The third-order valence-corrected chi connectivity index (χ3v) is 5.54. The van der Waals surface area contributed by atoms with Crippen molar-refractivity contribution in [3.8, 4) is 0 Å². The quantitative estimate of drug-likeness (QED) is 0.315. The Morgan fingerprint density at radius 2 is 1.06 bits per heavy atom. The third kappa shape index (κ3) is 5.55. The van der Waals surface area contributed by atoms with Crippen molar-refractivity contribution < 1.29 is 4.57 Å². The van der Waals surface area contributed by atoms with E-state index in [4.69, 9.17) is 9.98 Å². The van der Waals surface area contributed by atoms with Crippen molar-refractivity contribution in [2.75, 3.05) is 0 Å². The second-order valence-corrected chi connectivity index (χ2v) is 8.51. The highest BCUT2D eigenvalue weighted by atomic mass is 15.0. The Bertz CT molecular complexity index is 1090. The fraction of sp³-hybridized carbons (Fsp3) is 0.321. The van der Waals surface area contributed by atoms with Crippen LogP contribution in [0.15, 0.2) is 64.8 Å². The van der Waals surface area contributed by atoms with E-state index < -0.39 is 0 Å². The lowest BCUT2D eigenvalue weighted by molar-refractivity contribution is -0.681. The molecule has 0 bridgehead atoms. The Hall–Kier alpha value is -3.07. The highest BCUT2D eigenvalue weighted by Gasteiger charge is 2.16. The summed E-state index contributed by atoms with van der Waals surface area (Å²) < 4.78 is 2.16. The van der Waals surface area contributed by atoms with Crippen LogP contribution in [-0.2, 0) is 6.54 Å². The van der Waals surface area contributed by atoms with E-state index in [2.05, 4.69) is 102 Å². The molecule has 3 rings (SSSR count). The summed E-state index contributed by atoms with van der Waals surface area (Å²) >= 11 is 0. The molecule has 0 atom stereocenters. The number of hydrogen-bond donors (Lipinski definition) is 0. The largest absolute Gasteiger partial charge is 0.251 e. The molecule has 3 heteroatoms. The van der Waals surface area contributed by atoms with Crippen LogP contribution in [-0.4, -0.2) is 11.4 Å². The smallest absolute Gasteiger partial charge is 0.192 e. The molecule has 3 aromatic rings. The molecular formula is C28H34N3+. The first-order chi connectivity index (χ1) is 14.8. The van der Waals surface area contributed by atoms with E-state index in [0.29, 0.717) is 6.54 Å². The monoisotopic (exact) mass is 412 g/mol. The first-order valence-corrected chi connectivity index (χ1v) is 11.0. The zero-order valence-corrected chi connectivity index (χ0v) is 20.0. The standard InChI is InChI=1S/C28H34N3/c1-8-25(29-27-21(4)14-19(2)15-22(27)5)26(18-31-12-10-9-11-13-31)30-28-23(6)16-20(3)17-24(28)7/h9-17H,8,18H2,1-7H3/q+1. The number of rotatable bonds is 6. The maximum Gasteiger partial charge on any atom is 0.192 e. The molecule has 0 aliphatic rings. The fourth-order valence-electron chi connectivity index (χ4n) is 4.22. The summed E-state index contributed by atoms with van der Waals surface area (Å²) in [5.41, 5.74) is 11.5. The van der Waals surface area contributed by atoms with E-state index in [1.165, 1.54) is 33.4 Å². The predicted molar refractivity (Wildman–Crippen MR) is 132 cm³/mol. The minimum absolute atomic E-state index is 0.685. The molecule has 0 spiro atoms. The average Bonchev–Trinajstić information content (AvgIpc) is 2.70. The van der Waals surface area contributed by atoms with Crippen LogP contribution in [0, 0.1) is 41.5 Å². The second-order valence-electron chi connectivity index (χ2n) is 8.51. The number of aromatic nitrogens is 1. The Morgan fingerprint density at radius 3 is 1.48 bits per heavy atom. The molecule has 0 saturated carbocycles. The molecule has 0 unspecified atom stereocenters. The number of aryl methyl sites for hydroxylation is 6. The maximum absolute atomic E-state index is 5.20. The minimum atomic E-state index is 0.685. The SMILES string of the molecule is CCC(=Nc1c(C)cc(C)cc1C)C(C[n+]1ccccc1)=Nc1c(C)cc(C)cc1C. The van der Waals surface area contributed by atoms with Gasteiger partial charge >= 0.3 is 0 Å². The van der Waals surface area contributed by atoms with Gasteiger partial charge < -0.3 is 0 Å². The molecule has 160 valence electrons. The minimum Gasteiger partial charge on any atom is -0.251 e. The van der Waals surface area contributed by atoms with Crippen LogP contribution in [0.4, 0.5) is 11.4 Å². The lowest BCUT2D eigenvalue weighted by atomic mass is 10.0. The molecule has 0 aliphatic heterocycles. The molecule has 0 fully saturated rings. The van der Waals surface area contributed by atoms with Gasteiger partial charge in [0.2, 0.25) is 0 Å². The highest BCUT2D eigenvalue weighted by Crippen LogP contribution is 2.28. The van der Waals surface area contributed by atoms with Gasteiger partial charge in [0.25, 0.3) is 0 Å². The third-order valence-electron chi connectivity index (χ3n) is 5.54. The summed E-state index contributed by atoms with van der Waals surface area (Å²) in [4.78, 5) is 10.4. The Kier molecular flexibility index (Phi) is 7.17. The molecule has 3 nitrogen and oxygen atoms in total. The van der Waals surface area contributed by atoms with Gasteiger partial charge in [0.1, 0.15) is 5.71 Å². The van der Waals surface area contributed by atoms with Gasteiger partial charge in [0, 0.05) is 12.1 Å². The topological polar surface area (TPSA) is 28.6 Å². The van der Waals surface area contributed by atoms with E-state index in [-0.39, 0.29) is 0 Å². The Labute approximate surface area is 187 Å². The van der Waals surface area contributed by atoms with E-state index in [0.717, 1.165) is 29.2 Å². The first kappa shape index (κ1) is 22.6. The number of hydrogen-bond acceptors (Lipinski definition) is 2. The molecule has 0 N–H and O–H groups in total. The number of benzene rings is 2. The second kappa shape index (κ2) is 9.82. The zero-order chi connectivity index (χ0) is 22.5. The molecule has 31 heavy (non-hydrogen) atoms. The molecule has 0 saturated heterocycles. The lowest BCUT2D eigenvalue weighted by Gasteiger charge is -2.13. The van der Waals surface area contributed by atoms with E-state index in [1.807, 2.05) is 6.07 Å². The van der Waals surface area contributed by atoms with Gasteiger partial charge in [-0.1, -0.05) is 48.4 Å². The van der Waals surface area contributed by atoms with Crippen LogP contribution in [0.2, 0.25) is 0 Å². The van der Waals surface area contributed by atoms with E-state index >= 15 is 0 Å². The van der Waals surface area contributed by atoms with Crippen molar-refractivity contribution in [3.05, 3.63) is 88.2 Å². The van der Waals surface area contributed by atoms with Crippen molar-refractivity contribution in [3.63, 3.8) is 0 Å². The molecule has 0 aliphatic carbocycles. The van der Waals surface area contributed by atoms with Gasteiger partial charge in [-0.25, -0.2) is 4.99 Å². The molecular weight excluding hydrogens is 378 g/mol. The summed E-state index contributed by atoms with van der Waals surface area (Å²) in [7, 11) is 0. The summed E-state index contributed by atoms with van der Waals surface area (Å²) in [6.07, 6.45) is 4.99. The number of aliphatic imine (C=N–C) groups is 2. The molecule has 2 aromatic carbocycles. The summed E-state index contributed by atoms with van der Waals surface area (Å²) in [5.74, 6) is 0. The van der Waals surface area contributed by atoms with Crippen LogP contribution in [0.3, 0.4) is 0 Å². The summed E-state index contributed by atoms with van der Waals surface area (Å²) in [6.45, 7) is 15.7. The Morgan fingerprint density at radius 1 is 0.645 bits per heavy atom. The molecule has 1 heterocycles. The van der Waals surface area contributed by atoms with Gasteiger partial charge in [-0.15, -0.1) is 0 Å². The van der Waals surface area contributed by atoms with Crippen molar-refractivity contribution in [1.29, 1.82) is 0 Å². The first-order valence-electron chi connectivity index (χ1n) is 11.0. The normalized spacial score (nSPS) is 12.4. The van der Waals surface area contributed by atoms with E-state index in [1.54, 1.807) is 0 Å². The number of pyridine rings is 1. The van der Waals surface area contributed by atoms with E-state index in [9.17, 15) is 0 Å². The van der Waals surface area contributed by atoms with Crippen LogP contribution in [0.25, 0.3) is 0 Å². The Balaban J connectivity index is 2.18. The zero-order valence-electron chi connectivity index (χ0n) is 20.0. The summed E-state index contributed by atoms with van der Waals surface area (Å²) in [5, 5.41) is 0. The van der Waals surface area contributed by atoms with Crippen molar-refractivity contribution in [1.82, 2.24) is 0 Å². The molecule has 0 radical (unpaired) electrons. The van der Waals surface area contributed by atoms with Crippen LogP contribution >= 0.6 is 0 Å². The van der Waals surface area contributed by atoms with Gasteiger partial charge in [-0.3, -0.25) is 4.99 Å². The molecule has 1 aromatic heterocycles. The average molecular weight is 413 g/mol. The lowest BCUT2D eigenvalue weighted by Crippen LogP contribution is -2.39. The van der Waals surface area contributed by atoms with Crippen molar-refractivity contribution in [2.45, 2.75) is 61.4 Å².